The van der Waals surface area contributed by atoms with Crippen molar-refractivity contribution >= 4 is 29.3 Å². The quantitative estimate of drug-likeness (QED) is 0.462. The van der Waals surface area contributed by atoms with E-state index in [1.54, 1.807) is 0 Å². The first kappa shape index (κ1) is 23.0. The Bertz CT molecular complexity index is 1200. The summed E-state index contributed by atoms with van der Waals surface area (Å²) in [6.07, 6.45) is 2.36. The number of nitrogens with zero attached hydrogens (tertiary/aromatic N) is 3. The van der Waals surface area contributed by atoms with Gasteiger partial charge in [0.1, 0.15) is 5.82 Å². The van der Waals surface area contributed by atoms with Crippen molar-refractivity contribution in [2.75, 3.05) is 13.1 Å². The first-order valence-corrected chi connectivity index (χ1v) is 11.3. The van der Waals surface area contributed by atoms with Gasteiger partial charge in [0.05, 0.1) is 17.1 Å². The van der Waals surface area contributed by atoms with Crippen LogP contribution in [0.5, 0.6) is 0 Å². The third-order valence-corrected chi connectivity index (χ3v) is 6.38. The van der Waals surface area contributed by atoms with Crippen LogP contribution in [-0.2, 0) is 11.2 Å². The number of fused-ring (bicyclic) bond motifs is 1. The maximum Gasteiger partial charge on any atom is 0.239 e. The van der Waals surface area contributed by atoms with Gasteiger partial charge >= 0.3 is 0 Å². The lowest BCUT2D eigenvalue weighted by atomic mass is 10.0. The number of imidazole rings is 1. The minimum Gasteiger partial charge on any atom is -0.341 e. The van der Waals surface area contributed by atoms with E-state index in [0.29, 0.717) is 25.6 Å². The topological polar surface area (TPSA) is 64.2 Å². The Labute approximate surface area is 200 Å². The molecule has 1 saturated heterocycles. The summed E-state index contributed by atoms with van der Waals surface area (Å²) >= 11 is 0. The van der Waals surface area contributed by atoms with E-state index in [0.717, 1.165) is 40.8 Å². The zero-order valence-electron chi connectivity index (χ0n) is 18.5. The molecule has 1 unspecified atom stereocenters. The summed E-state index contributed by atoms with van der Waals surface area (Å²) in [4.78, 5) is 19.9. The molecule has 2 N–H and O–H groups in total. The van der Waals surface area contributed by atoms with Gasteiger partial charge in [0.15, 0.2) is 0 Å². The number of nitrogens with two attached hydrogens (primary N) is 1. The summed E-state index contributed by atoms with van der Waals surface area (Å²) in [5.74, 6) is 1.04. The van der Waals surface area contributed by atoms with Gasteiger partial charge in [0, 0.05) is 24.7 Å². The summed E-state index contributed by atoms with van der Waals surface area (Å²) in [6, 6.07) is 28.4. The minimum atomic E-state index is -0.497. The number of rotatable bonds is 5. The lowest BCUT2D eigenvalue weighted by Gasteiger charge is -2.35. The number of halogens is 1. The zero-order valence-corrected chi connectivity index (χ0v) is 19.3. The van der Waals surface area contributed by atoms with Crippen molar-refractivity contribution in [3.05, 3.63) is 90.5 Å². The number of likely N-dealkylation sites (tertiary alicyclic amines) is 1. The lowest BCUT2D eigenvalue weighted by Crippen LogP contribution is -2.48. The second-order valence-corrected chi connectivity index (χ2v) is 8.51. The Morgan fingerprint density at radius 2 is 1.52 bits per heavy atom. The van der Waals surface area contributed by atoms with Gasteiger partial charge in [-0.05, 0) is 37.0 Å². The molecule has 0 radical (unpaired) electrons. The Morgan fingerprint density at radius 3 is 2.21 bits per heavy atom. The van der Waals surface area contributed by atoms with Crippen LogP contribution in [0.1, 0.15) is 24.4 Å². The molecule has 0 bridgehead atoms. The number of hydrogen-bond donors (Lipinski definition) is 1. The molecule has 1 aliphatic heterocycles. The molecule has 1 amide bonds. The highest BCUT2D eigenvalue weighted by Gasteiger charge is 2.29. The molecule has 0 aliphatic carbocycles. The van der Waals surface area contributed by atoms with Crippen LogP contribution in [0, 0.1) is 0 Å². The molecule has 1 aliphatic rings. The van der Waals surface area contributed by atoms with E-state index in [1.165, 1.54) is 0 Å². The first-order valence-electron chi connectivity index (χ1n) is 11.3. The average Bonchev–Trinajstić information content (AvgIpc) is 3.24. The van der Waals surface area contributed by atoms with Crippen molar-refractivity contribution in [3.8, 4) is 11.4 Å². The predicted octanol–water partition coefficient (Wildman–Crippen LogP) is 4.86. The van der Waals surface area contributed by atoms with Gasteiger partial charge in [-0.2, -0.15) is 0 Å². The smallest absolute Gasteiger partial charge is 0.239 e. The Morgan fingerprint density at radius 1 is 0.909 bits per heavy atom. The number of benzene rings is 3. The molecule has 1 fully saturated rings. The molecule has 1 atom stereocenters. The normalized spacial score (nSPS) is 15.2. The molecule has 5 rings (SSSR count). The monoisotopic (exact) mass is 460 g/mol. The number of piperidine rings is 1. The fourth-order valence-corrected chi connectivity index (χ4v) is 4.74. The van der Waals surface area contributed by atoms with E-state index in [-0.39, 0.29) is 18.3 Å². The van der Waals surface area contributed by atoms with Crippen LogP contribution >= 0.6 is 12.4 Å². The molecule has 0 saturated carbocycles. The fourth-order valence-electron chi connectivity index (χ4n) is 4.74. The van der Waals surface area contributed by atoms with Crippen LogP contribution in [0.25, 0.3) is 22.4 Å². The number of amides is 1. The van der Waals surface area contributed by atoms with Gasteiger partial charge in [0.25, 0.3) is 0 Å². The summed E-state index contributed by atoms with van der Waals surface area (Å²) in [7, 11) is 0. The molecule has 33 heavy (non-hydrogen) atoms. The standard InChI is InChI=1S/C27H28N4O.ClH/c28-23(19-20-9-3-1-4-10-20)27(32)30-17-15-22(16-18-30)31-25-14-8-7-13-24(25)29-26(31)21-11-5-2-6-12-21;/h1-14,22-23H,15-19,28H2;1H. The van der Waals surface area contributed by atoms with Gasteiger partial charge in [-0.3, -0.25) is 4.79 Å². The third kappa shape index (κ3) is 4.80. The molecule has 3 aromatic carbocycles. The van der Waals surface area contributed by atoms with Gasteiger partial charge < -0.3 is 15.2 Å². The molecule has 1 aromatic heterocycles. The second-order valence-electron chi connectivity index (χ2n) is 8.51. The van der Waals surface area contributed by atoms with Gasteiger partial charge in [-0.25, -0.2) is 4.98 Å². The van der Waals surface area contributed by atoms with E-state index in [9.17, 15) is 4.79 Å². The number of para-hydroxylation sites is 2. The fraction of sp³-hybridized carbons (Fsp3) is 0.259. The molecule has 5 nitrogen and oxygen atoms in total. The van der Waals surface area contributed by atoms with Crippen LogP contribution in [0.15, 0.2) is 84.9 Å². The zero-order chi connectivity index (χ0) is 21.9. The van der Waals surface area contributed by atoms with Crippen molar-refractivity contribution in [1.82, 2.24) is 14.5 Å². The van der Waals surface area contributed by atoms with Gasteiger partial charge in [-0.15, -0.1) is 12.4 Å². The lowest BCUT2D eigenvalue weighted by molar-refractivity contribution is -0.133. The maximum absolute atomic E-state index is 13.0. The predicted molar refractivity (Wildman–Crippen MR) is 135 cm³/mol. The van der Waals surface area contributed by atoms with E-state index in [4.69, 9.17) is 10.7 Å². The molecule has 0 spiro atoms. The maximum atomic E-state index is 13.0. The van der Waals surface area contributed by atoms with E-state index >= 15 is 0 Å². The van der Waals surface area contributed by atoms with Crippen LogP contribution in [0.3, 0.4) is 0 Å². The van der Waals surface area contributed by atoms with Crippen molar-refractivity contribution in [1.29, 1.82) is 0 Å². The summed E-state index contributed by atoms with van der Waals surface area (Å²) in [5, 5.41) is 0. The summed E-state index contributed by atoms with van der Waals surface area (Å²) in [6.45, 7) is 1.43. The summed E-state index contributed by atoms with van der Waals surface area (Å²) < 4.78 is 2.37. The molecule has 2 heterocycles. The SMILES string of the molecule is Cl.NC(Cc1ccccc1)C(=O)N1CCC(n2c(-c3ccccc3)nc3ccccc32)CC1. The van der Waals surface area contributed by atoms with Crippen molar-refractivity contribution in [2.45, 2.75) is 31.3 Å². The second kappa shape index (κ2) is 10.2. The number of aromatic nitrogens is 2. The molecular weight excluding hydrogens is 432 g/mol. The van der Waals surface area contributed by atoms with Crippen LogP contribution in [-0.4, -0.2) is 39.5 Å². The van der Waals surface area contributed by atoms with Crippen LogP contribution < -0.4 is 5.73 Å². The number of hydrogen-bond acceptors (Lipinski definition) is 3. The molecule has 170 valence electrons. The number of carbonyl (C=O) groups excluding carboxylic acids is 1. The van der Waals surface area contributed by atoms with E-state index in [2.05, 4.69) is 47.0 Å². The summed E-state index contributed by atoms with van der Waals surface area (Å²) in [5.41, 5.74) is 10.7. The van der Waals surface area contributed by atoms with Crippen molar-refractivity contribution < 1.29 is 4.79 Å². The van der Waals surface area contributed by atoms with Gasteiger partial charge in [0.2, 0.25) is 5.91 Å². The van der Waals surface area contributed by atoms with Crippen LogP contribution in [0.4, 0.5) is 0 Å². The van der Waals surface area contributed by atoms with E-state index < -0.39 is 6.04 Å². The third-order valence-electron chi connectivity index (χ3n) is 6.38. The Balaban J connectivity index is 0.00000259. The highest BCUT2D eigenvalue weighted by atomic mass is 35.5. The Hall–Kier alpha value is -3.15. The highest BCUT2D eigenvalue weighted by Crippen LogP contribution is 2.33. The van der Waals surface area contributed by atoms with Gasteiger partial charge in [-0.1, -0.05) is 72.8 Å². The molecule has 6 heteroatoms. The Kier molecular flexibility index (Phi) is 7.11. The minimum absolute atomic E-state index is 0. The average molecular weight is 461 g/mol. The first-order chi connectivity index (χ1) is 15.7. The largest absolute Gasteiger partial charge is 0.341 e. The van der Waals surface area contributed by atoms with Crippen molar-refractivity contribution in [2.24, 2.45) is 5.73 Å². The van der Waals surface area contributed by atoms with Crippen LogP contribution in [0.2, 0.25) is 0 Å². The molecule has 4 aromatic rings. The van der Waals surface area contributed by atoms with Crippen molar-refractivity contribution in [3.63, 3.8) is 0 Å². The molecular formula is C27H29ClN4O. The van der Waals surface area contributed by atoms with E-state index in [1.807, 2.05) is 47.4 Å². The highest BCUT2D eigenvalue weighted by molar-refractivity contribution is 5.85. The number of carbonyl (C=O) groups is 1.